The van der Waals surface area contributed by atoms with E-state index in [0.29, 0.717) is 18.7 Å². The van der Waals surface area contributed by atoms with Crippen molar-refractivity contribution < 1.29 is 12.8 Å². The summed E-state index contributed by atoms with van der Waals surface area (Å²) in [6, 6.07) is 5.68. The molecule has 1 spiro atoms. The van der Waals surface area contributed by atoms with Crippen LogP contribution in [0.2, 0.25) is 0 Å². The van der Waals surface area contributed by atoms with Crippen LogP contribution in [-0.4, -0.2) is 41.0 Å². The smallest absolute Gasteiger partial charge is 0.218 e. The van der Waals surface area contributed by atoms with Gasteiger partial charge in [-0.15, -0.1) is 0 Å². The number of sulfonamides is 1. The molecule has 2 fully saturated rings. The molecule has 1 saturated carbocycles. The largest absolute Gasteiger partial charge is 0.263 e. The zero-order valence-corrected chi connectivity index (χ0v) is 17.2. The van der Waals surface area contributed by atoms with Gasteiger partial charge in [0.2, 0.25) is 10.0 Å². The van der Waals surface area contributed by atoms with Crippen molar-refractivity contribution in [3.05, 3.63) is 47.3 Å². The number of H-pyrrole nitrogens is 1. The molecule has 2 aromatic rings. The molecule has 28 heavy (non-hydrogen) atoms. The van der Waals surface area contributed by atoms with Crippen LogP contribution in [0.5, 0.6) is 0 Å². The average Bonchev–Trinajstić information content (AvgIpc) is 3.38. The van der Waals surface area contributed by atoms with Gasteiger partial charge in [-0.3, -0.25) is 5.10 Å². The first-order valence-electron chi connectivity index (χ1n) is 9.94. The summed E-state index contributed by atoms with van der Waals surface area (Å²) in [7, 11) is -3.49. The van der Waals surface area contributed by atoms with E-state index in [0.717, 1.165) is 37.3 Å². The Morgan fingerprint density at radius 1 is 1.25 bits per heavy atom. The molecule has 1 aliphatic heterocycles. The maximum atomic E-state index is 13.1. The lowest BCUT2D eigenvalue weighted by Gasteiger charge is -2.28. The average molecular weight is 407 g/mol. The minimum atomic E-state index is -3.49. The van der Waals surface area contributed by atoms with Crippen LogP contribution < -0.4 is 0 Å². The van der Waals surface area contributed by atoms with Gasteiger partial charge in [0.1, 0.15) is 11.6 Å². The van der Waals surface area contributed by atoms with Crippen molar-refractivity contribution in [2.45, 2.75) is 57.1 Å². The summed E-state index contributed by atoms with van der Waals surface area (Å²) in [5.74, 6) is 1.38. The number of halogens is 1. The Kier molecular flexibility index (Phi) is 5.03. The molecule has 8 heteroatoms. The number of aromatic amines is 1. The fourth-order valence-electron chi connectivity index (χ4n) is 4.68. The minimum Gasteiger partial charge on any atom is -0.263 e. The Bertz CT molecular complexity index is 933. The number of hydrogen-bond acceptors (Lipinski definition) is 4. The SMILES string of the molecule is CC(C)c1n[nH]c(C2CN(S(=O)(=O)Cc3ccc(F)cc3)CC23CCCC3)n1. The van der Waals surface area contributed by atoms with Gasteiger partial charge in [0, 0.05) is 24.9 Å². The van der Waals surface area contributed by atoms with Crippen LogP contribution in [0, 0.1) is 11.2 Å². The van der Waals surface area contributed by atoms with Gasteiger partial charge in [0.25, 0.3) is 0 Å². The van der Waals surface area contributed by atoms with Crippen LogP contribution >= 0.6 is 0 Å². The first-order chi connectivity index (χ1) is 13.3. The van der Waals surface area contributed by atoms with Gasteiger partial charge in [-0.25, -0.2) is 22.1 Å². The predicted octanol–water partition coefficient (Wildman–Crippen LogP) is 3.56. The van der Waals surface area contributed by atoms with E-state index in [1.165, 1.54) is 24.3 Å². The van der Waals surface area contributed by atoms with Crippen molar-refractivity contribution in [2.75, 3.05) is 13.1 Å². The summed E-state index contributed by atoms with van der Waals surface area (Å²) >= 11 is 0. The standard InChI is InChI=1S/C20H27FN4O2S/c1-14(2)18-22-19(24-23-18)17-11-25(13-20(17)9-3-4-10-20)28(26,27)12-15-5-7-16(21)8-6-15/h5-8,14,17H,3-4,9-13H2,1-2H3,(H,22,23,24). The predicted molar refractivity (Wildman–Crippen MR) is 105 cm³/mol. The maximum Gasteiger partial charge on any atom is 0.218 e. The number of nitrogens with zero attached hydrogens (tertiary/aromatic N) is 3. The monoisotopic (exact) mass is 406 g/mol. The van der Waals surface area contributed by atoms with E-state index in [2.05, 4.69) is 10.2 Å². The van der Waals surface area contributed by atoms with Crippen LogP contribution in [0.1, 0.15) is 68.6 Å². The number of nitrogens with one attached hydrogen (secondary N) is 1. The summed E-state index contributed by atoms with van der Waals surface area (Å²) < 4.78 is 41.0. The molecule has 0 radical (unpaired) electrons. The third-order valence-corrected chi connectivity index (χ3v) is 8.00. The molecule has 0 bridgehead atoms. The Labute approximate surface area is 165 Å². The molecular weight excluding hydrogens is 379 g/mol. The topological polar surface area (TPSA) is 79.0 Å². The van der Waals surface area contributed by atoms with E-state index >= 15 is 0 Å². The Morgan fingerprint density at radius 2 is 1.93 bits per heavy atom. The summed E-state index contributed by atoms with van der Waals surface area (Å²) in [4.78, 5) is 4.69. The van der Waals surface area contributed by atoms with Crippen molar-refractivity contribution in [3.63, 3.8) is 0 Å². The number of hydrogen-bond donors (Lipinski definition) is 1. The van der Waals surface area contributed by atoms with Crippen molar-refractivity contribution in [1.82, 2.24) is 19.5 Å². The quantitative estimate of drug-likeness (QED) is 0.823. The van der Waals surface area contributed by atoms with Crippen molar-refractivity contribution >= 4 is 10.0 Å². The molecule has 2 aliphatic rings. The fraction of sp³-hybridized carbons (Fsp3) is 0.600. The molecule has 2 heterocycles. The molecule has 152 valence electrons. The van der Waals surface area contributed by atoms with Crippen molar-refractivity contribution in [1.29, 1.82) is 0 Å². The highest BCUT2D eigenvalue weighted by molar-refractivity contribution is 7.88. The van der Waals surface area contributed by atoms with Crippen LogP contribution in [-0.2, 0) is 15.8 Å². The van der Waals surface area contributed by atoms with Gasteiger partial charge in [0.05, 0.1) is 5.75 Å². The van der Waals surface area contributed by atoms with E-state index in [9.17, 15) is 12.8 Å². The number of aromatic nitrogens is 3. The molecule has 1 aliphatic carbocycles. The van der Waals surface area contributed by atoms with E-state index in [4.69, 9.17) is 4.98 Å². The van der Waals surface area contributed by atoms with Crippen molar-refractivity contribution in [3.8, 4) is 0 Å². The molecule has 1 unspecified atom stereocenters. The summed E-state index contributed by atoms with van der Waals surface area (Å²) in [6.07, 6.45) is 4.26. The van der Waals surface area contributed by atoms with E-state index in [1.807, 2.05) is 13.8 Å². The van der Waals surface area contributed by atoms with Crippen LogP contribution in [0.4, 0.5) is 4.39 Å². The van der Waals surface area contributed by atoms with Crippen LogP contribution in [0.3, 0.4) is 0 Å². The second-order valence-corrected chi connectivity index (χ2v) is 10.5. The lowest BCUT2D eigenvalue weighted by atomic mass is 9.76. The third-order valence-electron chi connectivity index (χ3n) is 6.24. The zero-order valence-electron chi connectivity index (χ0n) is 16.4. The molecule has 1 atom stereocenters. The molecule has 0 amide bonds. The second-order valence-electron chi connectivity index (χ2n) is 8.53. The molecule has 1 aromatic heterocycles. The Balaban J connectivity index is 1.60. The first-order valence-corrected chi connectivity index (χ1v) is 11.5. The Morgan fingerprint density at radius 3 is 2.54 bits per heavy atom. The molecule has 1 aromatic carbocycles. The third kappa shape index (κ3) is 3.59. The van der Waals surface area contributed by atoms with Gasteiger partial charge in [-0.1, -0.05) is 38.8 Å². The lowest BCUT2D eigenvalue weighted by molar-refractivity contribution is 0.277. The molecular formula is C20H27FN4O2S. The number of rotatable bonds is 5. The summed E-state index contributed by atoms with van der Waals surface area (Å²) in [5, 5.41) is 7.42. The summed E-state index contributed by atoms with van der Waals surface area (Å²) in [5.41, 5.74) is 0.538. The molecule has 1 saturated heterocycles. The Hall–Kier alpha value is -1.80. The number of benzene rings is 1. The highest BCUT2D eigenvalue weighted by Gasteiger charge is 2.52. The van der Waals surface area contributed by atoms with Gasteiger partial charge >= 0.3 is 0 Å². The van der Waals surface area contributed by atoms with E-state index in [1.54, 1.807) is 4.31 Å². The zero-order chi connectivity index (χ0) is 19.9. The molecule has 6 nitrogen and oxygen atoms in total. The lowest BCUT2D eigenvalue weighted by Crippen LogP contribution is -2.32. The fourth-order valence-corrected chi connectivity index (χ4v) is 6.31. The maximum absolute atomic E-state index is 13.1. The van der Waals surface area contributed by atoms with Gasteiger partial charge in [-0.05, 0) is 36.0 Å². The highest BCUT2D eigenvalue weighted by atomic mass is 32.2. The van der Waals surface area contributed by atoms with Gasteiger partial charge in [-0.2, -0.15) is 5.10 Å². The summed E-state index contributed by atoms with van der Waals surface area (Å²) in [6.45, 7) is 5.05. The molecule has 1 N–H and O–H groups in total. The second kappa shape index (κ2) is 7.22. The minimum absolute atomic E-state index is 0.0398. The van der Waals surface area contributed by atoms with Gasteiger partial charge in [0.15, 0.2) is 5.82 Å². The highest BCUT2D eigenvalue weighted by Crippen LogP contribution is 2.53. The van der Waals surface area contributed by atoms with Crippen LogP contribution in [0.15, 0.2) is 24.3 Å². The van der Waals surface area contributed by atoms with Gasteiger partial charge < -0.3 is 0 Å². The van der Waals surface area contributed by atoms with E-state index in [-0.39, 0.29) is 28.8 Å². The molecule has 4 rings (SSSR count). The van der Waals surface area contributed by atoms with Crippen molar-refractivity contribution in [2.24, 2.45) is 5.41 Å². The van der Waals surface area contributed by atoms with Crippen LogP contribution in [0.25, 0.3) is 0 Å². The normalized spacial score (nSPS) is 22.5. The first kappa shape index (κ1) is 19.5. The van der Waals surface area contributed by atoms with E-state index < -0.39 is 10.0 Å².